The normalized spacial score (nSPS) is 10.3. The molecule has 0 spiro atoms. The SMILES string of the molecule is CC(=O)NC(=O)c1ccc(-c2cccc(Cl)c2Cl)o1. The molecule has 6 heteroatoms. The van der Waals surface area contributed by atoms with E-state index < -0.39 is 11.8 Å². The van der Waals surface area contributed by atoms with Crippen molar-refractivity contribution in [3.05, 3.63) is 46.1 Å². The molecular formula is C13H9Cl2NO3. The van der Waals surface area contributed by atoms with Crippen LogP contribution in [0.5, 0.6) is 0 Å². The van der Waals surface area contributed by atoms with Crippen LogP contribution in [0.25, 0.3) is 11.3 Å². The van der Waals surface area contributed by atoms with Gasteiger partial charge in [-0.2, -0.15) is 0 Å². The van der Waals surface area contributed by atoms with Crippen molar-refractivity contribution >= 4 is 35.0 Å². The molecule has 2 rings (SSSR count). The molecule has 19 heavy (non-hydrogen) atoms. The fourth-order valence-electron chi connectivity index (χ4n) is 1.52. The number of hydrogen-bond acceptors (Lipinski definition) is 3. The zero-order valence-electron chi connectivity index (χ0n) is 9.87. The summed E-state index contributed by atoms with van der Waals surface area (Å²) in [6.07, 6.45) is 0. The van der Waals surface area contributed by atoms with Crippen LogP contribution in [-0.4, -0.2) is 11.8 Å². The van der Waals surface area contributed by atoms with Gasteiger partial charge in [0, 0.05) is 12.5 Å². The number of carbonyl (C=O) groups is 2. The Balaban J connectivity index is 2.33. The fourth-order valence-corrected chi connectivity index (χ4v) is 1.91. The second-order valence-electron chi connectivity index (χ2n) is 3.78. The van der Waals surface area contributed by atoms with Crippen molar-refractivity contribution in [1.29, 1.82) is 0 Å². The van der Waals surface area contributed by atoms with E-state index in [9.17, 15) is 9.59 Å². The molecule has 1 aromatic heterocycles. The zero-order valence-corrected chi connectivity index (χ0v) is 11.4. The Bertz CT molecular complexity index is 649. The number of amides is 2. The second kappa shape index (κ2) is 5.47. The van der Waals surface area contributed by atoms with Crippen LogP contribution in [0.1, 0.15) is 17.5 Å². The lowest BCUT2D eigenvalue weighted by molar-refractivity contribution is -0.118. The predicted octanol–water partition coefficient (Wildman–Crippen LogP) is 3.53. The van der Waals surface area contributed by atoms with Crippen LogP contribution in [0.2, 0.25) is 10.0 Å². The molecule has 1 aromatic carbocycles. The molecule has 0 aliphatic carbocycles. The van der Waals surface area contributed by atoms with Gasteiger partial charge in [0.15, 0.2) is 5.76 Å². The summed E-state index contributed by atoms with van der Waals surface area (Å²) in [4.78, 5) is 22.4. The number of rotatable bonds is 2. The fraction of sp³-hybridized carbons (Fsp3) is 0.0769. The summed E-state index contributed by atoms with van der Waals surface area (Å²) < 4.78 is 5.36. The maximum absolute atomic E-state index is 11.6. The molecular weight excluding hydrogens is 289 g/mol. The Morgan fingerprint density at radius 1 is 1.16 bits per heavy atom. The van der Waals surface area contributed by atoms with E-state index >= 15 is 0 Å². The number of hydrogen-bond donors (Lipinski definition) is 1. The van der Waals surface area contributed by atoms with Crippen LogP contribution in [0, 0.1) is 0 Å². The van der Waals surface area contributed by atoms with E-state index in [2.05, 4.69) is 5.32 Å². The van der Waals surface area contributed by atoms with Gasteiger partial charge in [0.2, 0.25) is 5.91 Å². The average Bonchev–Trinajstić information content (AvgIpc) is 2.81. The summed E-state index contributed by atoms with van der Waals surface area (Å²) in [5, 5.41) is 2.86. The minimum atomic E-state index is -0.600. The molecule has 0 aliphatic heterocycles. The molecule has 1 N–H and O–H groups in total. The van der Waals surface area contributed by atoms with Crippen LogP contribution in [0.3, 0.4) is 0 Å². The highest BCUT2D eigenvalue weighted by molar-refractivity contribution is 6.43. The van der Waals surface area contributed by atoms with Gasteiger partial charge in [-0.3, -0.25) is 14.9 Å². The van der Waals surface area contributed by atoms with E-state index in [1.54, 1.807) is 24.3 Å². The summed E-state index contributed by atoms with van der Waals surface area (Å²) >= 11 is 12.0. The number of furan rings is 1. The Morgan fingerprint density at radius 2 is 1.89 bits per heavy atom. The molecule has 0 aliphatic rings. The third kappa shape index (κ3) is 2.97. The van der Waals surface area contributed by atoms with Gasteiger partial charge in [0.1, 0.15) is 5.76 Å². The highest BCUT2D eigenvalue weighted by atomic mass is 35.5. The third-order valence-corrected chi connectivity index (χ3v) is 3.16. The third-order valence-electron chi connectivity index (χ3n) is 2.34. The first kappa shape index (κ1) is 13.6. The Kier molecular flexibility index (Phi) is 3.93. The van der Waals surface area contributed by atoms with Gasteiger partial charge < -0.3 is 4.42 Å². The Labute approximate surface area is 119 Å². The first-order chi connectivity index (χ1) is 8.99. The van der Waals surface area contributed by atoms with E-state index in [0.29, 0.717) is 21.4 Å². The van der Waals surface area contributed by atoms with Crippen LogP contribution >= 0.6 is 23.2 Å². The molecule has 0 atom stereocenters. The van der Waals surface area contributed by atoms with E-state index in [1.807, 2.05) is 0 Å². The maximum atomic E-state index is 11.6. The van der Waals surface area contributed by atoms with Crippen molar-refractivity contribution in [2.75, 3.05) is 0 Å². The molecule has 2 amide bonds. The highest BCUT2D eigenvalue weighted by Gasteiger charge is 2.15. The standard InChI is InChI=1S/C13H9Cl2NO3/c1-7(17)16-13(18)11-6-5-10(19-11)8-3-2-4-9(14)12(8)15/h2-6H,1H3,(H,16,17,18). The van der Waals surface area contributed by atoms with Gasteiger partial charge in [-0.25, -0.2) is 0 Å². The van der Waals surface area contributed by atoms with Crippen molar-refractivity contribution in [3.63, 3.8) is 0 Å². The molecule has 0 fully saturated rings. The predicted molar refractivity (Wildman–Crippen MR) is 72.3 cm³/mol. The van der Waals surface area contributed by atoms with Gasteiger partial charge >= 0.3 is 0 Å². The number of halogens is 2. The molecule has 0 unspecified atom stereocenters. The second-order valence-corrected chi connectivity index (χ2v) is 4.56. The minimum Gasteiger partial charge on any atom is -0.451 e. The molecule has 0 saturated carbocycles. The maximum Gasteiger partial charge on any atom is 0.293 e. The minimum absolute atomic E-state index is 0.0289. The van der Waals surface area contributed by atoms with Gasteiger partial charge in [0.05, 0.1) is 10.0 Å². The van der Waals surface area contributed by atoms with Crippen LogP contribution < -0.4 is 5.32 Å². The number of carbonyl (C=O) groups excluding carboxylic acids is 2. The number of nitrogens with one attached hydrogen (secondary N) is 1. The first-order valence-electron chi connectivity index (χ1n) is 5.35. The summed E-state index contributed by atoms with van der Waals surface area (Å²) in [7, 11) is 0. The van der Waals surface area contributed by atoms with Crippen molar-refractivity contribution in [3.8, 4) is 11.3 Å². The van der Waals surface area contributed by atoms with Crippen LogP contribution in [-0.2, 0) is 4.79 Å². The number of benzene rings is 1. The molecule has 4 nitrogen and oxygen atoms in total. The van der Waals surface area contributed by atoms with E-state index in [-0.39, 0.29) is 5.76 Å². The number of imide groups is 1. The van der Waals surface area contributed by atoms with Gasteiger partial charge in [-0.05, 0) is 24.3 Å². The molecule has 2 aromatic rings. The summed E-state index contributed by atoms with van der Waals surface area (Å²) in [6.45, 7) is 1.25. The van der Waals surface area contributed by atoms with Crippen molar-refractivity contribution < 1.29 is 14.0 Å². The Morgan fingerprint density at radius 3 is 2.58 bits per heavy atom. The molecule has 98 valence electrons. The van der Waals surface area contributed by atoms with Crippen LogP contribution in [0.15, 0.2) is 34.7 Å². The van der Waals surface area contributed by atoms with Crippen molar-refractivity contribution in [1.82, 2.24) is 5.32 Å². The van der Waals surface area contributed by atoms with Crippen LogP contribution in [0.4, 0.5) is 0 Å². The van der Waals surface area contributed by atoms with E-state index in [0.717, 1.165) is 0 Å². The summed E-state index contributed by atoms with van der Waals surface area (Å²) in [5.41, 5.74) is 0.580. The van der Waals surface area contributed by atoms with Gasteiger partial charge in [-0.1, -0.05) is 29.3 Å². The van der Waals surface area contributed by atoms with E-state index in [4.69, 9.17) is 27.6 Å². The largest absolute Gasteiger partial charge is 0.451 e. The van der Waals surface area contributed by atoms with Gasteiger partial charge in [-0.15, -0.1) is 0 Å². The van der Waals surface area contributed by atoms with Gasteiger partial charge in [0.25, 0.3) is 5.91 Å². The smallest absolute Gasteiger partial charge is 0.293 e. The molecule has 0 radical (unpaired) electrons. The Hall–Kier alpha value is -1.78. The lowest BCUT2D eigenvalue weighted by atomic mass is 10.2. The monoisotopic (exact) mass is 297 g/mol. The van der Waals surface area contributed by atoms with E-state index in [1.165, 1.54) is 13.0 Å². The lowest BCUT2D eigenvalue weighted by Gasteiger charge is -2.02. The lowest BCUT2D eigenvalue weighted by Crippen LogP contribution is -2.27. The quantitative estimate of drug-likeness (QED) is 0.922. The molecule has 0 bridgehead atoms. The summed E-state index contributed by atoms with van der Waals surface area (Å²) in [6, 6.07) is 8.15. The zero-order chi connectivity index (χ0) is 14.0. The average molecular weight is 298 g/mol. The highest BCUT2D eigenvalue weighted by Crippen LogP contribution is 2.34. The summed E-state index contributed by atoms with van der Waals surface area (Å²) in [5.74, 6) is -0.622. The first-order valence-corrected chi connectivity index (χ1v) is 6.11. The van der Waals surface area contributed by atoms with Crippen molar-refractivity contribution in [2.24, 2.45) is 0 Å². The molecule has 0 saturated heterocycles. The topological polar surface area (TPSA) is 59.3 Å². The molecule has 1 heterocycles. The van der Waals surface area contributed by atoms with Crippen molar-refractivity contribution in [2.45, 2.75) is 6.92 Å².